The minimum absolute atomic E-state index is 0.0154. The summed E-state index contributed by atoms with van der Waals surface area (Å²) in [5, 5.41) is 20.7. The fourth-order valence-corrected chi connectivity index (χ4v) is 3.14. The third-order valence-corrected chi connectivity index (χ3v) is 5.06. The second-order valence-electron chi connectivity index (χ2n) is 8.28. The fraction of sp³-hybridized carbons (Fsp3) is 0.500. The second-order valence-corrected chi connectivity index (χ2v) is 8.28. The molecule has 1 heterocycles. The molecule has 0 aliphatic heterocycles. The number of benzene rings is 1. The van der Waals surface area contributed by atoms with Crippen molar-refractivity contribution in [1.82, 2.24) is 15.1 Å². The lowest BCUT2D eigenvalue weighted by Crippen LogP contribution is -2.36. The fourth-order valence-electron chi connectivity index (χ4n) is 3.14. The molecule has 7 heteroatoms. The average molecular weight is 399 g/mol. The maximum absolute atomic E-state index is 12.6. The van der Waals surface area contributed by atoms with E-state index in [0.717, 1.165) is 25.0 Å². The maximum Gasteiger partial charge on any atom is 0.342 e. The van der Waals surface area contributed by atoms with E-state index in [0.29, 0.717) is 29.3 Å². The van der Waals surface area contributed by atoms with Gasteiger partial charge in [-0.05, 0) is 50.3 Å². The molecule has 1 fully saturated rings. The number of phenols is 1. The van der Waals surface area contributed by atoms with E-state index < -0.39 is 0 Å². The summed E-state index contributed by atoms with van der Waals surface area (Å²) in [5.74, 6) is 0.515. The van der Waals surface area contributed by atoms with Crippen LogP contribution in [0, 0.1) is 5.92 Å². The third kappa shape index (κ3) is 5.16. The first kappa shape index (κ1) is 20.9. The molecule has 2 aromatic rings. The number of phenolic OH excluding ortho intramolecular Hbond substituents is 1. The van der Waals surface area contributed by atoms with Gasteiger partial charge in [-0.2, -0.15) is 9.78 Å². The van der Waals surface area contributed by atoms with Crippen LogP contribution in [0.3, 0.4) is 0 Å². The summed E-state index contributed by atoms with van der Waals surface area (Å²) in [4.78, 5) is 24.6. The number of hydrogen-bond donors (Lipinski definition) is 3. The largest absolute Gasteiger partial charge is 0.507 e. The van der Waals surface area contributed by atoms with Gasteiger partial charge >= 0.3 is 6.03 Å². The lowest BCUT2D eigenvalue weighted by atomic mass is 10.1. The van der Waals surface area contributed by atoms with Gasteiger partial charge in [0.15, 0.2) is 0 Å². The van der Waals surface area contributed by atoms with Gasteiger partial charge in [0.2, 0.25) is 5.91 Å². The zero-order valence-electron chi connectivity index (χ0n) is 17.5. The molecule has 1 saturated carbocycles. The van der Waals surface area contributed by atoms with E-state index >= 15 is 0 Å². The molecule has 1 aromatic heterocycles. The molecule has 2 amide bonds. The van der Waals surface area contributed by atoms with Gasteiger partial charge < -0.3 is 15.7 Å². The third-order valence-electron chi connectivity index (χ3n) is 5.06. The second kappa shape index (κ2) is 8.68. The number of nitrogens with zero attached hydrogens (tertiary/aromatic N) is 2. The predicted molar refractivity (Wildman–Crippen MR) is 113 cm³/mol. The van der Waals surface area contributed by atoms with Crippen molar-refractivity contribution in [2.24, 2.45) is 5.92 Å². The standard InChI is InChI=1S/C22H30N4O3/c1-5-14(4)23-22(29)26-19(15-6-7-15)12-18(25-26)17-9-8-16(11-20(17)27)24-21(28)10-13(2)3/h8-9,11-15,27H,5-7,10H2,1-4H3,(H,23,29)(H,24,28). The van der Waals surface area contributed by atoms with Crippen molar-refractivity contribution in [3.63, 3.8) is 0 Å². The van der Waals surface area contributed by atoms with Gasteiger partial charge in [0.25, 0.3) is 0 Å². The number of nitrogens with one attached hydrogen (secondary N) is 2. The number of hydrogen-bond acceptors (Lipinski definition) is 4. The van der Waals surface area contributed by atoms with E-state index in [1.54, 1.807) is 12.1 Å². The zero-order chi connectivity index (χ0) is 21.1. The van der Waals surface area contributed by atoms with E-state index in [1.807, 2.05) is 33.8 Å². The van der Waals surface area contributed by atoms with Crippen molar-refractivity contribution < 1.29 is 14.7 Å². The van der Waals surface area contributed by atoms with E-state index in [1.165, 1.54) is 10.7 Å². The normalized spacial score (nSPS) is 14.7. The lowest BCUT2D eigenvalue weighted by Gasteiger charge is -2.12. The Morgan fingerprint density at radius 3 is 2.55 bits per heavy atom. The molecule has 1 aromatic carbocycles. The number of rotatable bonds is 7. The summed E-state index contributed by atoms with van der Waals surface area (Å²) in [5.41, 5.74) is 2.48. The lowest BCUT2D eigenvalue weighted by molar-refractivity contribution is -0.116. The van der Waals surface area contributed by atoms with Crippen LogP contribution in [0.15, 0.2) is 24.3 Å². The number of aromatic hydroxyl groups is 1. The zero-order valence-corrected chi connectivity index (χ0v) is 17.5. The Morgan fingerprint density at radius 2 is 1.97 bits per heavy atom. The van der Waals surface area contributed by atoms with Gasteiger partial charge in [0.1, 0.15) is 5.75 Å². The Morgan fingerprint density at radius 1 is 1.24 bits per heavy atom. The van der Waals surface area contributed by atoms with Crippen LogP contribution in [-0.2, 0) is 4.79 Å². The summed E-state index contributed by atoms with van der Waals surface area (Å²) < 4.78 is 1.43. The summed E-state index contributed by atoms with van der Waals surface area (Å²) >= 11 is 0. The first-order valence-corrected chi connectivity index (χ1v) is 10.3. The first-order chi connectivity index (χ1) is 13.8. The van der Waals surface area contributed by atoms with Crippen LogP contribution >= 0.6 is 0 Å². The van der Waals surface area contributed by atoms with E-state index in [9.17, 15) is 14.7 Å². The van der Waals surface area contributed by atoms with Crippen molar-refractivity contribution in [3.8, 4) is 17.0 Å². The molecule has 0 spiro atoms. The first-order valence-electron chi connectivity index (χ1n) is 10.3. The molecule has 7 nitrogen and oxygen atoms in total. The Labute approximate surface area is 171 Å². The minimum Gasteiger partial charge on any atom is -0.507 e. The summed E-state index contributed by atoms with van der Waals surface area (Å²) in [6.45, 7) is 7.93. The SMILES string of the molecule is CCC(C)NC(=O)n1nc(-c2ccc(NC(=O)CC(C)C)cc2O)cc1C1CC1. The number of aromatic nitrogens is 2. The molecule has 0 radical (unpaired) electrons. The van der Waals surface area contributed by atoms with Crippen molar-refractivity contribution in [2.75, 3.05) is 5.32 Å². The summed E-state index contributed by atoms with van der Waals surface area (Å²) in [6.07, 6.45) is 3.33. The molecular weight excluding hydrogens is 368 g/mol. The van der Waals surface area contributed by atoms with Crippen molar-refractivity contribution >= 4 is 17.6 Å². The van der Waals surface area contributed by atoms with Gasteiger partial charge in [0.05, 0.1) is 11.4 Å². The Kier molecular flexibility index (Phi) is 6.25. The van der Waals surface area contributed by atoms with Gasteiger partial charge in [0, 0.05) is 35.7 Å². The molecule has 1 aliphatic rings. The van der Waals surface area contributed by atoms with Crippen LogP contribution in [0.2, 0.25) is 0 Å². The Balaban J connectivity index is 1.84. The highest BCUT2D eigenvalue weighted by Crippen LogP contribution is 2.42. The van der Waals surface area contributed by atoms with Gasteiger partial charge in [-0.3, -0.25) is 4.79 Å². The molecule has 3 rings (SSSR count). The van der Waals surface area contributed by atoms with Gasteiger partial charge in [-0.25, -0.2) is 4.79 Å². The number of anilines is 1. The minimum atomic E-state index is -0.246. The monoisotopic (exact) mass is 398 g/mol. The van der Waals surface area contributed by atoms with Crippen LogP contribution in [0.1, 0.15) is 65.0 Å². The van der Waals surface area contributed by atoms with Gasteiger partial charge in [-0.1, -0.05) is 20.8 Å². The summed E-state index contributed by atoms with van der Waals surface area (Å²) in [7, 11) is 0. The molecule has 0 bridgehead atoms. The highest BCUT2D eigenvalue weighted by atomic mass is 16.3. The van der Waals surface area contributed by atoms with E-state index in [-0.39, 0.29) is 29.6 Å². The van der Waals surface area contributed by atoms with Crippen molar-refractivity contribution in [1.29, 1.82) is 0 Å². The molecule has 1 unspecified atom stereocenters. The smallest absolute Gasteiger partial charge is 0.342 e. The highest BCUT2D eigenvalue weighted by Gasteiger charge is 2.31. The van der Waals surface area contributed by atoms with Crippen molar-refractivity contribution in [3.05, 3.63) is 30.0 Å². The molecule has 1 atom stereocenters. The number of carbonyl (C=O) groups is 2. The molecular formula is C22H30N4O3. The van der Waals surface area contributed by atoms with Crippen LogP contribution < -0.4 is 10.6 Å². The van der Waals surface area contributed by atoms with Crippen molar-refractivity contribution in [2.45, 2.75) is 65.3 Å². The molecule has 0 saturated heterocycles. The molecule has 3 N–H and O–H groups in total. The topological polar surface area (TPSA) is 96.3 Å². The van der Waals surface area contributed by atoms with Crippen LogP contribution in [0.5, 0.6) is 5.75 Å². The predicted octanol–water partition coefficient (Wildman–Crippen LogP) is 4.47. The number of carbonyl (C=O) groups excluding carboxylic acids is 2. The highest BCUT2D eigenvalue weighted by molar-refractivity contribution is 5.91. The van der Waals surface area contributed by atoms with E-state index in [4.69, 9.17) is 0 Å². The number of amides is 2. The quantitative estimate of drug-likeness (QED) is 0.641. The summed E-state index contributed by atoms with van der Waals surface area (Å²) in [6, 6.07) is 6.66. The van der Waals surface area contributed by atoms with Crippen LogP contribution in [0.25, 0.3) is 11.3 Å². The molecule has 29 heavy (non-hydrogen) atoms. The van der Waals surface area contributed by atoms with E-state index in [2.05, 4.69) is 15.7 Å². The Bertz CT molecular complexity index is 899. The van der Waals surface area contributed by atoms with Crippen LogP contribution in [-0.4, -0.2) is 32.9 Å². The Hall–Kier alpha value is -2.83. The average Bonchev–Trinajstić information content (AvgIpc) is 3.39. The van der Waals surface area contributed by atoms with Gasteiger partial charge in [-0.15, -0.1) is 0 Å². The maximum atomic E-state index is 12.6. The molecule has 156 valence electrons. The molecule has 1 aliphatic carbocycles. The van der Waals surface area contributed by atoms with Crippen LogP contribution in [0.4, 0.5) is 10.5 Å².